The van der Waals surface area contributed by atoms with Crippen LogP contribution in [0.3, 0.4) is 0 Å². The number of carbonyl (C=O) groups excluding carboxylic acids is 1. The summed E-state index contributed by atoms with van der Waals surface area (Å²) in [6.07, 6.45) is 1.61. The Bertz CT molecular complexity index is 202. The van der Waals surface area contributed by atoms with E-state index in [9.17, 15) is 9.59 Å². The maximum atomic E-state index is 10.1. The molecule has 5 N–H and O–H groups in total. The molecule has 0 aliphatic carbocycles. The van der Waals surface area contributed by atoms with Crippen LogP contribution in [0.25, 0.3) is 0 Å². The molecule has 0 aromatic rings. The van der Waals surface area contributed by atoms with Gasteiger partial charge in [0.15, 0.2) is 0 Å². The Morgan fingerprint density at radius 3 is 1.93 bits per heavy atom. The van der Waals surface area contributed by atoms with E-state index in [-0.39, 0.29) is 0 Å². The third kappa shape index (κ3) is 13.2. The second-order valence-corrected chi connectivity index (χ2v) is 3.18. The highest BCUT2D eigenvalue weighted by atomic mass is 16.4. The summed E-state index contributed by atoms with van der Waals surface area (Å²) in [6, 6.07) is -0.690. The van der Waals surface area contributed by atoms with Crippen LogP contribution in [0.2, 0.25) is 0 Å². The Hall–Kier alpha value is -1.36. The van der Waals surface area contributed by atoms with Crippen LogP contribution in [0.1, 0.15) is 20.3 Å². The summed E-state index contributed by atoms with van der Waals surface area (Å²) in [5.41, 5.74) is 9.75. The highest BCUT2D eigenvalue weighted by molar-refractivity contribution is 5.84. The van der Waals surface area contributed by atoms with E-state index in [1.54, 1.807) is 0 Å². The van der Waals surface area contributed by atoms with Crippen LogP contribution in [0, 0.1) is 5.92 Å². The number of nitrogens with two attached hydrogens (primary N) is 2. The molecule has 0 spiro atoms. The van der Waals surface area contributed by atoms with Crippen molar-refractivity contribution in [1.82, 2.24) is 0 Å². The molecule has 0 unspecified atom stereocenters. The fourth-order valence-electron chi connectivity index (χ4n) is 0.609. The molecule has 82 valence electrons. The molecule has 0 bridgehead atoms. The van der Waals surface area contributed by atoms with Crippen molar-refractivity contribution in [3.8, 4) is 0 Å². The standard InChI is InChI=1S/C6H13NO2.C3H5NO/c1-4(2)3-5(7)6(8)9;1-2-3(4)5/h4-5H,3,7H2,1-2H3,(H,8,9);2H,1H2,(H2,4,5)/t5-;/m0./s1. The molecule has 0 rings (SSSR count). The summed E-state index contributed by atoms with van der Waals surface area (Å²) in [7, 11) is 0. The van der Waals surface area contributed by atoms with Crippen LogP contribution in [-0.4, -0.2) is 23.0 Å². The first kappa shape index (κ1) is 15.1. The molecule has 0 aromatic heterocycles. The maximum Gasteiger partial charge on any atom is 0.320 e. The van der Waals surface area contributed by atoms with Crippen molar-refractivity contribution in [2.45, 2.75) is 26.3 Å². The Morgan fingerprint density at radius 1 is 1.50 bits per heavy atom. The lowest BCUT2D eigenvalue weighted by molar-refractivity contribution is -0.138. The molecule has 5 heteroatoms. The van der Waals surface area contributed by atoms with E-state index in [1.807, 2.05) is 13.8 Å². The summed E-state index contributed by atoms with van der Waals surface area (Å²) < 4.78 is 0. The second-order valence-electron chi connectivity index (χ2n) is 3.18. The number of amides is 1. The van der Waals surface area contributed by atoms with Crippen LogP contribution >= 0.6 is 0 Å². The molecule has 0 saturated heterocycles. The van der Waals surface area contributed by atoms with Gasteiger partial charge >= 0.3 is 5.97 Å². The van der Waals surface area contributed by atoms with E-state index in [0.717, 1.165) is 6.08 Å². The first-order valence-corrected chi connectivity index (χ1v) is 4.21. The quantitative estimate of drug-likeness (QED) is 0.562. The van der Waals surface area contributed by atoms with Gasteiger partial charge in [0.1, 0.15) is 6.04 Å². The molecule has 14 heavy (non-hydrogen) atoms. The first-order valence-electron chi connectivity index (χ1n) is 4.21. The van der Waals surface area contributed by atoms with Crippen molar-refractivity contribution in [3.63, 3.8) is 0 Å². The monoisotopic (exact) mass is 202 g/mol. The van der Waals surface area contributed by atoms with Crippen LogP contribution < -0.4 is 11.5 Å². The average Bonchev–Trinajstić information content (AvgIpc) is 2.04. The van der Waals surface area contributed by atoms with E-state index in [2.05, 4.69) is 12.3 Å². The summed E-state index contributed by atoms with van der Waals surface area (Å²) in [4.78, 5) is 19.6. The predicted octanol–water partition coefficient (Wildman–Crippen LogP) is 0.102. The van der Waals surface area contributed by atoms with Crippen LogP contribution in [0.4, 0.5) is 0 Å². The normalized spacial score (nSPS) is 11.1. The number of aliphatic carboxylic acids is 1. The third-order valence-corrected chi connectivity index (χ3v) is 1.24. The SMILES string of the molecule is C=CC(N)=O.CC(C)C[C@H](N)C(=O)O. The highest BCUT2D eigenvalue weighted by Crippen LogP contribution is 2.01. The molecule has 0 radical (unpaired) electrons. The van der Waals surface area contributed by atoms with Gasteiger partial charge in [-0.25, -0.2) is 0 Å². The summed E-state index contributed by atoms with van der Waals surface area (Å²) >= 11 is 0. The molecule has 1 amide bonds. The van der Waals surface area contributed by atoms with E-state index in [4.69, 9.17) is 10.8 Å². The Kier molecular flexibility index (Phi) is 8.91. The predicted molar refractivity (Wildman–Crippen MR) is 54.5 cm³/mol. The number of rotatable bonds is 4. The molecule has 5 nitrogen and oxygen atoms in total. The number of primary amides is 1. The van der Waals surface area contributed by atoms with Crippen molar-refractivity contribution >= 4 is 11.9 Å². The maximum absolute atomic E-state index is 10.1. The van der Waals surface area contributed by atoms with Gasteiger partial charge in [0, 0.05) is 0 Å². The smallest absolute Gasteiger partial charge is 0.320 e. The fourth-order valence-corrected chi connectivity index (χ4v) is 0.609. The summed E-state index contributed by atoms with van der Waals surface area (Å²) in [5.74, 6) is -1.04. The van der Waals surface area contributed by atoms with Crippen molar-refractivity contribution < 1.29 is 14.7 Å². The van der Waals surface area contributed by atoms with Gasteiger partial charge in [-0.3, -0.25) is 9.59 Å². The first-order chi connectivity index (χ1) is 6.31. The highest BCUT2D eigenvalue weighted by Gasteiger charge is 2.11. The molecule has 0 heterocycles. The number of carbonyl (C=O) groups is 2. The third-order valence-electron chi connectivity index (χ3n) is 1.24. The minimum Gasteiger partial charge on any atom is -0.480 e. The minimum absolute atomic E-state index is 0.357. The summed E-state index contributed by atoms with van der Waals surface area (Å²) in [6.45, 7) is 6.98. The molecule has 0 aliphatic heterocycles. The van der Waals surface area contributed by atoms with Crippen molar-refractivity contribution in [2.24, 2.45) is 17.4 Å². The molecule has 0 fully saturated rings. The lowest BCUT2D eigenvalue weighted by Crippen LogP contribution is -2.31. The van der Waals surface area contributed by atoms with Gasteiger partial charge in [-0.1, -0.05) is 20.4 Å². The van der Waals surface area contributed by atoms with Gasteiger partial charge in [-0.05, 0) is 18.4 Å². The van der Waals surface area contributed by atoms with Crippen LogP contribution in [0.15, 0.2) is 12.7 Å². The Labute approximate surface area is 83.8 Å². The van der Waals surface area contributed by atoms with Gasteiger partial charge in [0.2, 0.25) is 5.91 Å². The number of carboxylic acids is 1. The lowest BCUT2D eigenvalue weighted by Gasteiger charge is -2.07. The zero-order valence-electron chi connectivity index (χ0n) is 8.56. The largest absolute Gasteiger partial charge is 0.480 e. The summed E-state index contributed by atoms with van der Waals surface area (Å²) in [5, 5.41) is 8.31. The van der Waals surface area contributed by atoms with Crippen molar-refractivity contribution in [3.05, 3.63) is 12.7 Å². The van der Waals surface area contributed by atoms with Crippen LogP contribution in [-0.2, 0) is 9.59 Å². The second kappa shape index (κ2) is 8.25. The Balaban J connectivity index is 0. The average molecular weight is 202 g/mol. The van der Waals surface area contributed by atoms with Crippen LogP contribution in [0.5, 0.6) is 0 Å². The Morgan fingerprint density at radius 2 is 1.86 bits per heavy atom. The number of hydrogen-bond acceptors (Lipinski definition) is 3. The molecular weight excluding hydrogens is 184 g/mol. The molecular formula is C9H18N2O3. The van der Waals surface area contributed by atoms with Gasteiger partial charge in [-0.2, -0.15) is 0 Å². The van der Waals surface area contributed by atoms with E-state index >= 15 is 0 Å². The van der Waals surface area contributed by atoms with Gasteiger partial charge in [0.25, 0.3) is 0 Å². The van der Waals surface area contributed by atoms with Crippen molar-refractivity contribution in [2.75, 3.05) is 0 Å². The van der Waals surface area contributed by atoms with E-state index in [0.29, 0.717) is 12.3 Å². The zero-order valence-corrected chi connectivity index (χ0v) is 8.56. The molecule has 0 saturated carbocycles. The number of carboxylic acid groups (broad SMARTS) is 1. The minimum atomic E-state index is -0.913. The molecule has 1 atom stereocenters. The van der Waals surface area contributed by atoms with Gasteiger partial charge in [0.05, 0.1) is 0 Å². The van der Waals surface area contributed by atoms with Gasteiger partial charge in [-0.15, -0.1) is 0 Å². The lowest BCUT2D eigenvalue weighted by atomic mass is 10.1. The van der Waals surface area contributed by atoms with Crippen molar-refractivity contribution in [1.29, 1.82) is 0 Å². The van der Waals surface area contributed by atoms with E-state index in [1.165, 1.54) is 0 Å². The van der Waals surface area contributed by atoms with Gasteiger partial charge < -0.3 is 16.6 Å². The topological polar surface area (TPSA) is 106 Å². The fraction of sp³-hybridized carbons (Fsp3) is 0.556. The number of hydrogen-bond donors (Lipinski definition) is 3. The molecule has 0 aliphatic rings. The zero-order chi connectivity index (χ0) is 11.7. The van der Waals surface area contributed by atoms with E-state index < -0.39 is 17.9 Å². The molecule has 0 aromatic carbocycles.